The Bertz CT molecular complexity index is 553. The molecule has 0 bridgehead atoms. The van der Waals surface area contributed by atoms with Crippen molar-refractivity contribution in [2.75, 3.05) is 33.4 Å². The summed E-state index contributed by atoms with van der Waals surface area (Å²) in [5.41, 5.74) is 2.57. The Morgan fingerprint density at radius 2 is 1.56 bits per heavy atom. The first kappa shape index (κ1) is 22.9. The first-order valence-electron chi connectivity index (χ1n) is 8.86. The first-order valence-corrected chi connectivity index (χ1v) is 8.86. The number of amidine groups is 1. The zero-order valence-corrected chi connectivity index (χ0v) is 16.7. The van der Waals surface area contributed by atoms with Crippen molar-refractivity contribution in [2.45, 2.75) is 41.5 Å². The lowest BCUT2D eigenvalue weighted by molar-refractivity contribution is 0.0605. The predicted octanol–water partition coefficient (Wildman–Crippen LogP) is 3.97. The Morgan fingerprint density at radius 3 is 2.08 bits per heavy atom. The Morgan fingerprint density at radius 1 is 1.00 bits per heavy atom. The van der Waals surface area contributed by atoms with Crippen LogP contribution in [0.15, 0.2) is 12.1 Å². The second-order valence-electron chi connectivity index (χ2n) is 4.97. The van der Waals surface area contributed by atoms with Crippen molar-refractivity contribution < 1.29 is 14.2 Å². The van der Waals surface area contributed by atoms with Gasteiger partial charge in [-0.1, -0.05) is 33.8 Å². The molecule has 1 fully saturated rings. The van der Waals surface area contributed by atoms with E-state index >= 15 is 0 Å². The van der Waals surface area contributed by atoms with E-state index in [1.54, 1.807) is 18.1 Å². The third kappa shape index (κ3) is 6.74. The lowest BCUT2D eigenvalue weighted by atomic mass is 10.0. The number of hydrogen-bond donors (Lipinski definition) is 2. The maximum absolute atomic E-state index is 8.09. The van der Waals surface area contributed by atoms with Crippen molar-refractivity contribution >= 4 is 11.9 Å². The standard InChI is InChI=1S/C15H21N3O3.2C2H6/c1-10-8-11(2)13(19-3)9-12(10)14(16)21-15(17)18-4-6-20-7-5-18;2*1-2/h8-9,16-17H,4-7H2,1-3H3;2*1-2H3. The van der Waals surface area contributed by atoms with Gasteiger partial charge in [-0.2, -0.15) is 0 Å². The van der Waals surface area contributed by atoms with Crippen molar-refractivity contribution in [1.29, 1.82) is 10.8 Å². The molecule has 0 radical (unpaired) electrons. The number of methoxy groups -OCH3 is 1. The molecule has 142 valence electrons. The van der Waals surface area contributed by atoms with Crippen LogP contribution in [0.3, 0.4) is 0 Å². The van der Waals surface area contributed by atoms with Crippen molar-refractivity contribution in [2.24, 2.45) is 0 Å². The zero-order chi connectivity index (χ0) is 19.4. The van der Waals surface area contributed by atoms with Gasteiger partial charge in [0.15, 0.2) is 0 Å². The minimum Gasteiger partial charge on any atom is -0.496 e. The number of ether oxygens (including phenoxy) is 3. The van der Waals surface area contributed by atoms with Gasteiger partial charge >= 0.3 is 0 Å². The number of nitrogens with zero attached hydrogens (tertiary/aromatic N) is 1. The molecular formula is C19H33N3O3. The number of aryl methyl sites for hydroxylation is 2. The van der Waals surface area contributed by atoms with Gasteiger partial charge in [0.1, 0.15) is 5.75 Å². The average molecular weight is 351 g/mol. The highest BCUT2D eigenvalue weighted by Crippen LogP contribution is 2.23. The molecule has 1 heterocycles. The van der Waals surface area contributed by atoms with Crippen molar-refractivity contribution in [3.8, 4) is 5.75 Å². The molecule has 1 aliphatic rings. The van der Waals surface area contributed by atoms with Crippen LogP contribution in [-0.4, -0.2) is 50.2 Å². The second-order valence-corrected chi connectivity index (χ2v) is 4.97. The molecule has 2 rings (SSSR count). The zero-order valence-electron chi connectivity index (χ0n) is 16.7. The van der Waals surface area contributed by atoms with Crippen LogP contribution >= 0.6 is 0 Å². The third-order valence-electron chi connectivity index (χ3n) is 3.48. The summed E-state index contributed by atoms with van der Waals surface area (Å²) in [7, 11) is 1.60. The summed E-state index contributed by atoms with van der Waals surface area (Å²) in [5.74, 6) is 0.671. The van der Waals surface area contributed by atoms with Crippen LogP contribution < -0.4 is 4.74 Å². The number of hydrogen-bond acceptors (Lipinski definition) is 5. The minimum absolute atomic E-state index is 0.0118. The molecule has 1 aromatic rings. The van der Waals surface area contributed by atoms with Gasteiger partial charge in [0.05, 0.1) is 20.3 Å². The van der Waals surface area contributed by atoms with Gasteiger partial charge in [-0.25, -0.2) is 0 Å². The molecule has 1 aliphatic heterocycles. The van der Waals surface area contributed by atoms with Crippen LogP contribution in [0.5, 0.6) is 5.75 Å². The van der Waals surface area contributed by atoms with Gasteiger partial charge in [0, 0.05) is 18.7 Å². The lowest BCUT2D eigenvalue weighted by Crippen LogP contribution is -2.42. The van der Waals surface area contributed by atoms with Crippen LogP contribution in [0.4, 0.5) is 0 Å². The molecule has 6 heteroatoms. The van der Waals surface area contributed by atoms with Gasteiger partial charge in [-0.15, -0.1) is 0 Å². The highest BCUT2D eigenvalue weighted by Gasteiger charge is 2.18. The monoisotopic (exact) mass is 351 g/mol. The van der Waals surface area contributed by atoms with E-state index in [1.165, 1.54) is 0 Å². The van der Waals surface area contributed by atoms with Crippen LogP contribution in [0.2, 0.25) is 0 Å². The van der Waals surface area contributed by atoms with Crippen LogP contribution in [0.1, 0.15) is 44.4 Å². The summed E-state index contributed by atoms with van der Waals surface area (Å²) in [5, 5.41) is 16.0. The summed E-state index contributed by atoms with van der Waals surface area (Å²) in [6.07, 6.45) is 0. The number of morpholine rings is 1. The fraction of sp³-hybridized carbons (Fsp3) is 0.579. The van der Waals surface area contributed by atoms with E-state index in [4.69, 9.17) is 25.0 Å². The van der Waals surface area contributed by atoms with Gasteiger partial charge in [-0.05, 0) is 31.0 Å². The molecule has 0 aromatic heterocycles. The molecule has 0 unspecified atom stereocenters. The molecule has 6 nitrogen and oxygen atoms in total. The topological polar surface area (TPSA) is 78.6 Å². The Hall–Kier alpha value is -2.08. The summed E-state index contributed by atoms with van der Waals surface area (Å²) >= 11 is 0. The minimum atomic E-state index is -0.0395. The molecule has 0 aliphatic carbocycles. The fourth-order valence-corrected chi connectivity index (χ4v) is 2.28. The molecule has 1 saturated heterocycles. The lowest BCUT2D eigenvalue weighted by Gasteiger charge is -2.28. The second kappa shape index (κ2) is 12.3. The van der Waals surface area contributed by atoms with Crippen molar-refractivity contribution in [3.05, 3.63) is 28.8 Å². The van der Waals surface area contributed by atoms with E-state index in [1.807, 2.05) is 47.6 Å². The summed E-state index contributed by atoms with van der Waals surface area (Å²) in [6.45, 7) is 14.3. The van der Waals surface area contributed by atoms with Gasteiger partial charge in [0.25, 0.3) is 6.02 Å². The SMILES string of the molecule is CC.CC.COc1cc(C(=N)OC(=N)N2CCOCC2)c(C)cc1C. The number of rotatable bonds is 2. The van der Waals surface area contributed by atoms with E-state index in [0.29, 0.717) is 37.6 Å². The Balaban J connectivity index is 0.00000134. The Labute approximate surface area is 152 Å². The first-order chi connectivity index (χ1) is 12.0. The van der Waals surface area contributed by atoms with Crippen molar-refractivity contribution in [3.63, 3.8) is 0 Å². The number of benzene rings is 1. The highest BCUT2D eigenvalue weighted by molar-refractivity contribution is 6.00. The molecule has 0 amide bonds. The predicted molar refractivity (Wildman–Crippen MR) is 103 cm³/mol. The fourth-order valence-electron chi connectivity index (χ4n) is 2.28. The Kier molecular flexibility index (Phi) is 11.3. The van der Waals surface area contributed by atoms with Gasteiger partial charge in [0.2, 0.25) is 5.90 Å². The van der Waals surface area contributed by atoms with Gasteiger partial charge in [-0.3, -0.25) is 10.8 Å². The summed E-state index contributed by atoms with van der Waals surface area (Å²) in [6, 6.07) is 3.71. The van der Waals surface area contributed by atoms with E-state index in [0.717, 1.165) is 11.1 Å². The van der Waals surface area contributed by atoms with E-state index in [-0.39, 0.29) is 11.9 Å². The molecule has 1 aromatic carbocycles. The van der Waals surface area contributed by atoms with E-state index < -0.39 is 0 Å². The molecule has 2 N–H and O–H groups in total. The average Bonchev–Trinajstić information content (AvgIpc) is 2.65. The molecule has 0 saturated carbocycles. The van der Waals surface area contributed by atoms with Crippen LogP contribution in [0, 0.1) is 24.7 Å². The number of nitrogens with one attached hydrogen (secondary N) is 2. The quantitative estimate of drug-likeness (QED) is 0.624. The van der Waals surface area contributed by atoms with E-state index in [2.05, 4.69) is 0 Å². The summed E-state index contributed by atoms with van der Waals surface area (Å²) < 4.78 is 15.9. The molecule has 0 atom stereocenters. The molecule has 0 spiro atoms. The molecular weight excluding hydrogens is 318 g/mol. The third-order valence-corrected chi connectivity index (χ3v) is 3.48. The maximum atomic E-state index is 8.09. The van der Waals surface area contributed by atoms with Crippen LogP contribution in [0.25, 0.3) is 0 Å². The van der Waals surface area contributed by atoms with Crippen molar-refractivity contribution in [1.82, 2.24) is 4.90 Å². The largest absolute Gasteiger partial charge is 0.496 e. The highest BCUT2D eigenvalue weighted by atomic mass is 16.5. The normalized spacial score (nSPS) is 12.8. The smallest absolute Gasteiger partial charge is 0.291 e. The van der Waals surface area contributed by atoms with E-state index in [9.17, 15) is 0 Å². The van der Waals surface area contributed by atoms with Crippen LogP contribution in [-0.2, 0) is 9.47 Å². The molecule has 25 heavy (non-hydrogen) atoms. The summed E-state index contributed by atoms with van der Waals surface area (Å²) in [4.78, 5) is 1.76. The maximum Gasteiger partial charge on any atom is 0.291 e. The van der Waals surface area contributed by atoms with Gasteiger partial charge < -0.3 is 19.1 Å².